The summed E-state index contributed by atoms with van der Waals surface area (Å²) in [5.74, 6) is -0.0846. The Bertz CT molecular complexity index is 947. The van der Waals surface area contributed by atoms with Gasteiger partial charge in [-0.3, -0.25) is 4.79 Å². The Labute approximate surface area is 194 Å². The van der Waals surface area contributed by atoms with Crippen LogP contribution in [-0.4, -0.2) is 37.7 Å². The van der Waals surface area contributed by atoms with E-state index in [4.69, 9.17) is 30.5 Å². The second-order valence-electron chi connectivity index (χ2n) is 6.94. The molecule has 1 aliphatic rings. The first-order valence-corrected chi connectivity index (χ1v) is 11.0. The molecule has 0 bridgehead atoms. The van der Waals surface area contributed by atoms with Gasteiger partial charge >= 0.3 is 0 Å². The first kappa shape index (κ1) is 23.5. The molecule has 9 heteroatoms. The maximum Gasteiger partial charge on any atom is 0.245 e. The number of rotatable bonds is 9. The van der Waals surface area contributed by atoms with E-state index in [0.29, 0.717) is 47.4 Å². The van der Waals surface area contributed by atoms with Gasteiger partial charge in [-0.1, -0.05) is 29.8 Å². The van der Waals surface area contributed by atoms with Crippen LogP contribution in [0.2, 0.25) is 5.02 Å². The fraction of sp³-hybridized carbons (Fsp3) is 0.364. The van der Waals surface area contributed by atoms with Crippen LogP contribution in [0.1, 0.15) is 31.4 Å². The minimum absolute atomic E-state index is 0.0626. The van der Waals surface area contributed by atoms with Crippen LogP contribution in [0.15, 0.2) is 46.0 Å². The van der Waals surface area contributed by atoms with Gasteiger partial charge in [0.1, 0.15) is 6.61 Å². The lowest BCUT2D eigenvalue weighted by Crippen LogP contribution is -2.33. The van der Waals surface area contributed by atoms with Crippen LogP contribution in [-0.2, 0) is 20.9 Å². The molecule has 31 heavy (non-hydrogen) atoms. The number of hydrogen-bond acceptors (Lipinski definition) is 6. The van der Waals surface area contributed by atoms with Gasteiger partial charge in [0.15, 0.2) is 17.3 Å². The van der Waals surface area contributed by atoms with E-state index < -0.39 is 5.79 Å². The number of benzene rings is 2. The summed E-state index contributed by atoms with van der Waals surface area (Å²) < 4.78 is 23.3. The zero-order valence-electron chi connectivity index (χ0n) is 17.3. The van der Waals surface area contributed by atoms with Crippen molar-refractivity contribution in [2.24, 2.45) is 5.10 Å². The summed E-state index contributed by atoms with van der Waals surface area (Å²) in [6, 6.07) is 11.1. The number of halogens is 2. The second-order valence-corrected chi connectivity index (χ2v) is 8.21. The van der Waals surface area contributed by atoms with E-state index in [-0.39, 0.29) is 12.3 Å². The van der Waals surface area contributed by atoms with Crippen molar-refractivity contribution in [2.75, 3.05) is 19.8 Å². The molecule has 0 unspecified atom stereocenters. The third-order valence-corrected chi connectivity index (χ3v) is 5.40. The average Bonchev–Trinajstić information content (AvgIpc) is 3.14. The molecule has 3 rings (SSSR count). The number of carbonyl (C=O) groups excluding carboxylic acids is 1. The molecule has 0 radical (unpaired) electrons. The summed E-state index contributed by atoms with van der Waals surface area (Å²) >= 11 is 9.74. The number of carbonyl (C=O) groups is 1. The first-order chi connectivity index (χ1) is 14.9. The van der Waals surface area contributed by atoms with Crippen LogP contribution in [0.5, 0.6) is 11.5 Å². The largest absolute Gasteiger partial charge is 0.490 e. The fourth-order valence-corrected chi connectivity index (χ4v) is 3.76. The second kappa shape index (κ2) is 10.9. The van der Waals surface area contributed by atoms with Crippen LogP contribution in [0.3, 0.4) is 0 Å². The van der Waals surface area contributed by atoms with Crippen molar-refractivity contribution in [1.82, 2.24) is 5.43 Å². The van der Waals surface area contributed by atoms with E-state index in [1.165, 1.54) is 6.21 Å². The maximum atomic E-state index is 12.1. The standard InChI is InChI=1S/C22H24BrClN2O5/c1-3-28-19-11-15(13-25-26-20(27)12-22(2)30-8-9-31-22)10-17(23)21(19)29-14-16-6-4-5-7-18(16)24/h4-7,10-11,13H,3,8-9,12,14H2,1-2H3,(H,26,27)/b25-13-. The molecule has 0 aromatic heterocycles. The van der Waals surface area contributed by atoms with Crippen molar-refractivity contribution in [3.8, 4) is 11.5 Å². The van der Waals surface area contributed by atoms with E-state index in [2.05, 4.69) is 26.5 Å². The van der Waals surface area contributed by atoms with Crippen molar-refractivity contribution in [1.29, 1.82) is 0 Å². The summed E-state index contributed by atoms with van der Waals surface area (Å²) in [6.07, 6.45) is 1.59. The molecule has 1 saturated heterocycles. The van der Waals surface area contributed by atoms with Gasteiger partial charge in [-0.25, -0.2) is 5.43 Å². The van der Waals surface area contributed by atoms with Gasteiger partial charge in [0, 0.05) is 10.6 Å². The summed E-state index contributed by atoms with van der Waals surface area (Å²) in [5.41, 5.74) is 4.08. The highest BCUT2D eigenvalue weighted by Gasteiger charge is 2.33. The van der Waals surface area contributed by atoms with Crippen molar-refractivity contribution in [2.45, 2.75) is 32.7 Å². The SMILES string of the molecule is CCOc1cc(/C=N\NC(=O)CC2(C)OCCO2)cc(Br)c1OCc1ccccc1Cl. The Morgan fingerprint density at radius 2 is 2.03 bits per heavy atom. The molecule has 0 aliphatic carbocycles. The monoisotopic (exact) mass is 510 g/mol. The molecule has 0 atom stereocenters. The Morgan fingerprint density at radius 1 is 1.29 bits per heavy atom. The normalized spacial score (nSPS) is 15.2. The molecule has 1 fully saturated rings. The molecule has 1 N–H and O–H groups in total. The molecular formula is C22H24BrClN2O5. The molecule has 7 nitrogen and oxygen atoms in total. The highest BCUT2D eigenvalue weighted by atomic mass is 79.9. The lowest BCUT2D eigenvalue weighted by atomic mass is 10.2. The van der Waals surface area contributed by atoms with Crippen molar-refractivity contribution >= 4 is 39.7 Å². The van der Waals surface area contributed by atoms with Gasteiger partial charge in [0.05, 0.1) is 36.9 Å². The van der Waals surface area contributed by atoms with Crippen LogP contribution in [0.4, 0.5) is 0 Å². The minimum Gasteiger partial charge on any atom is -0.490 e. The van der Waals surface area contributed by atoms with Crippen molar-refractivity contribution in [3.05, 3.63) is 57.0 Å². The van der Waals surface area contributed by atoms with Crippen molar-refractivity contribution < 1.29 is 23.7 Å². The number of ether oxygens (including phenoxy) is 4. The third-order valence-electron chi connectivity index (χ3n) is 4.44. The molecule has 0 spiro atoms. The van der Waals surface area contributed by atoms with Crippen LogP contribution < -0.4 is 14.9 Å². The third kappa shape index (κ3) is 6.67. The Hall–Kier alpha value is -2.13. The number of hydrogen-bond donors (Lipinski definition) is 1. The Kier molecular flexibility index (Phi) is 8.31. The van der Waals surface area contributed by atoms with Crippen LogP contribution in [0.25, 0.3) is 0 Å². The number of nitrogens with one attached hydrogen (secondary N) is 1. The number of nitrogens with zero attached hydrogens (tertiary/aromatic N) is 1. The van der Waals surface area contributed by atoms with Crippen molar-refractivity contribution in [3.63, 3.8) is 0 Å². The smallest absolute Gasteiger partial charge is 0.245 e. The maximum absolute atomic E-state index is 12.1. The van der Waals surface area contributed by atoms with E-state index in [9.17, 15) is 4.79 Å². The van der Waals surface area contributed by atoms with Gasteiger partial charge < -0.3 is 18.9 Å². The number of hydrazone groups is 1. The molecule has 1 aliphatic heterocycles. The molecule has 2 aromatic rings. The first-order valence-electron chi connectivity index (χ1n) is 9.82. The van der Waals surface area contributed by atoms with Crippen LogP contribution >= 0.6 is 27.5 Å². The summed E-state index contributed by atoms with van der Waals surface area (Å²) in [7, 11) is 0. The predicted octanol–water partition coefficient (Wildman–Crippen LogP) is 4.68. The zero-order chi connectivity index (χ0) is 22.3. The van der Waals surface area contributed by atoms with Crippen LogP contribution in [0, 0.1) is 0 Å². The highest BCUT2D eigenvalue weighted by Crippen LogP contribution is 2.37. The summed E-state index contributed by atoms with van der Waals surface area (Å²) in [5, 5.41) is 4.66. The average molecular weight is 512 g/mol. The lowest BCUT2D eigenvalue weighted by Gasteiger charge is -2.20. The lowest BCUT2D eigenvalue weighted by molar-refractivity contribution is -0.159. The summed E-state index contributed by atoms with van der Waals surface area (Å²) in [4.78, 5) is 12.1. The molecule has 2 aromatic carbocycles. The zero-order valence-corrected chi connectivity index (χ0v) is 19.7. The van der Waals surface area contributed by atoms with E-state index in [1.54, 1.807) is 13.0 Å². The molecule has 1 amide bonds. The highest BCUT2D eigenvalue weighted by molar-refractivity contribution is 9.10. The molecule has 1 heterocycles. The predicted molar refractivity (Wildman–Crippen MR) is 122 cm³/mol. The van der Waals surface area contributed by atoms with E-state index >= 15 is 0 Å². The Morgan fingerprint density at radius 3 is 2.74 bits per heavy atom. The summed E-state index contributed by atoms with van der Waals surface area (Å²) in [6.45, 7) is 5.34. The number of amides is 1. The van der Waals surface area contributed by atoms with Gasteiger partial charge in [-0.05, 0) is 53.5 Å². The Balaban J connectivity index is 1.66. The van der Waals surface area contributed by atoms with E-state index in [1.807, 2.05) is 37.3 Å². The fourth-order valence-electron chi connectivity index (χ4n) is 3.00. The molecular weight excluding hydrogens is 488 g/mol. The van der Waals surface area contributed by atoms with E-state index in [0.717, 1.165) is 11.1 Å². The minimum atomic E-state index is -0.897. The van der Waals surface area contributed by atoms with Gasteiger partial charge in [0.25, 0.3) is 0 Å². The van der Waals surface area contributed by atoms with Gasteiger partial charge in [0.2, 0.25) is 5.91 Å². The molecule has 166 valence electrons. The topological polar surface area (TPSA) is 78.4 Å². The molecule has 0 saturated carbocycles. The van der Waals surface area contributed by atoms with Gasteiger partial charge in [-0.2, -0.15) is 5.10 Å². The quantitative estimate of drug-likeness (QED) is 0.391. The van der Waals surface area contributed by atoms with Gasteiger partial charge in [-0.15, -0.1) is 0 Å².